The first kappa shape index (κ1) is 13.7. The molecular formula is C12H15ClN2O2. The molecule has 0 fully saturated rings. The normalized spacial score (nSPS) is 10.9. The van der Waals surface area contributed by atoms with Crippen LogP contribution in [0, 0.1) is 10.1 Å². The van der Waals surface area contributed by atoms with Gasteiger partial charge in [0, 0.05) is 12.6 Å². The Balaban J connectivity index is 2.66. The number of nitro benzene ring substituents is 1. The molecule has 5 heteroatoms. The minimum Gasteiger partial charge on any atom is -0.313 e. The molecule has 1 aromatic rings. The van der Waals surface area contributed by atoms with Crippen LogP contribution < -0.4 is 5.32 Å². The van der Waals surface area contributed by atoms with Gasteiger partial charge in [-0.3, -0.25) is 10.1 Å². The lowest BCUT2D eigenvalue weighted by molar-refractivity contribution is -0.384. The molecule has 0 saturated heterocycles. The molecule has 0 bridgehead atoms. The summed E-state index contributed by atoms with van der Waals surface area (Å²) in [5.41, 5.74) is 0.717. The highest BCUT2D eigenvalue weighted by molar-refractivity contribution is 6.32. The number of benzene rings is 1. The Labute approximate surface area is 105 Å². The fourth-order valence-corrected chi connectivity index (χ4v) is 1.52. The number of hydrogen-bond acceptors (Lipinski definition) is 3. The molecule has 0 aromatic heterocycles. The van der Waals surface area contributed by atoms with Crippen molar-refractivity contribution in [2.24, 2.45) is 0 Å². The highest BCUT2D eigenvalue weighted by Crippen LogP contribution is 2.25. The predicted molar refractivity (Wildman–Crippen MR) is 70.3 cm³/mol. The molecule has 0 unspecified atom stereocenters. The molecule has 0 aliphatic heterocycles. The van der Waals surface area contributed by atoms with E-state index in [0.29, 0.717) is 0 Å². The third kappa shape index (κ3) is 4.54. The van der Waals surface area contributed by atoms with E-state index in [9.17, 15) is 10.1 Å². The molecular weight excluding hydrogens is 240 g/mol. The van der Waals surface area contributed by atoms with Crippen molar-refractivity contribution in [1.29, 1.82) is 0 Å². The van der Waals surface area contributed by atoms with E-state index in [1.807, 2.05) is 12.2 Å². The first-order chi connectivity index (χ1) is 8.15. The van der Waals surface area contributed by atoms with Gasteiger partial charge in [0.05, 0.1) is 4.92 Å². The van der Waals surface area contributed by atoms with Gasteiger partial charge in [0.2, 0.25) is 0 Å². The van der Waals surface area contributed by atoms with Crippen molar-refractivity contribution in [1.82, 2.24) is 5.32 Å². The zero-order valence-corrected chi connectivity index (χ0v) is 10.4. The van der Waals surface area contributed by atoms with E-state index in [2.05, 4.69) is 12.2 Å². The average Bonchev–Trinajstić information content (AvgIpc) is 2.30. The topological polar surface area (TPSA) is 55.2 Å². The fraction of sp³-hybridized carbons (Fsp3) is 0.333. The highest BCUT2D eigenvalue weighted by atomic mass is 35.5. The summed E-state index contributed by atoms with van der Waals surface area (Å²) in [7, 11) is 0. The van der Waals surface area contributed by atoms with Crippen LogP contribution in [-0.4, -0.2) is 18.0 Å². The second-order valence-corrected chi connectivity index (χ2v) is 3.98. The van der Waals surface area contributed by atoms with Crippen LogP contribution in [0.1, 0.15) is 18.9 Å². The zero-order valence-electron chi connectivity index (χ0n) is 9.65. The molecule has 0 aliphatic carbocycles. The van der Waals surface area contributed by atoms with Gasteiger partial charge in [0.25, 0.3) is 5.69 Å². The third-order valence-corrected chi connectivity index (χ3v) is 2.49. The average molecular weight is 255 g/mol. The molecule has 0 atom stereocenters. The van der Waals surface area contributed by atoms with E-state index >= 15 is 0 Å². The summed E-state index contributed by atoms with van der Waals surface area (Å²) in [5.74, 6) is 0. The largest absolute Gasteiger partial charge is 0.313 e. The molecule has 4 nitrogen and oxygen atoms in total. The lowest BCUT2D eigenvalue weighted by Gasteiger charge is -1.98. The maximum atomic E-state index is 10.7. The summed E-state index contributed by atoms with van der Waals surface area (Å²) in [6.45, 7) is 3.81. The molecule has 0 spiro atoms. The molecule has 1 N–H and O–H groups in total. The Morgan fingerprint density at radius 1 is 1.53 bits per heavy atom. The minimum atomic E-state index is -0.477. The first-order valence-electron chi connectivity index (χ1n) is 5.46. The summed E-state index contributed by atoms with van der Waals surface area (Å²) in [6, 6.07) is 4.77. The molecule has 17 heavy (non-hydrogen) atoms. The quantitative estimate of drug-likeness (QED) is 0.482. The summed E-state index contributed by atoms with van der Waals surface area (Å²) < 4.78 is 0. The number of hydrogen-bond donors (Lipinski definition) is 1. The van der Waals surface area contributed by atoms with E-state index in [1.54, 1.807) is 12.1 Å². The number of halogens is 1. The van der Waals surface area contributed by atoms with Crippen molar-refractivity contribution in [3.8, 4) is 0 Å². The van der Waals surface area contributed by atoms with Crippen LogP contribution in [-0.2, 0) is 0 Å². The summed E-state index contributed by atoms with van der Waals surface area (Å²) in [6.07, 6.45) is 4.86. The van der Waals surface area contributed by atoms with Crippen molar-refractivity contribution in [3.63, 3.8) is 0 Å². The van der Waals surface area contributed by atoms with Gasteiger partial charge in [0.1, 0.15) is 5.02 Å². The zero-order chi connectivity index (χ0) is 12.7. The van der Waals surface area contributed by atoms with E-state index < -0.39 is 4.92 Å². The van der Waals surface area contributed by atoms with Crippen molar-refractivity contribution in [2.45, 2.75) is 13.3 Å². The van der Waals surface area contributed by atoms with Gasteiger partial charge in [-0.15, -0.1) is 0 Å². The van der Waals surface area contributed by atoms with Crippen LogP contribution in [0.15, 0.2) is 24.3 Å². The third-order valence-electron chi connectivity index (χ3n) is 2.17. The van der Waals surface area contributed by atoms with Gasteiger partial charge in [-0.1, -0.05) is 36.7 Å². The monoisotopic (exact) mass is 254 g/mol. The Kier molecular flexibility index (Phi) is 5.66. The van der Waals surface area contributed by atoms with Crippen LogP contribution in [0.3, 0.4) is 0 Å². The fourth-order valence-electron chi connectivity index (χ4n) is 1.33. The summed E-state index contributed by atoms with van der Waals surface area (Å²) in [5, 5.41) is 14.0. The maximum Gasteiger partial charge on any atom is 0.288 e. The van der Waals surface area contributed by atoms with Gasteiger partial charge in [-0.2, -0.15) is 0 Å². The molecule has 0 heterocycles. The Morgan fingerprint density at radius 2 is 2.29 bits per heavy atom. The second-order valence-electron chi connectivity index (χ2n) is 3.57. The van der Waals surface area contributed by atoms with Gasteiger partial charge in [0.15, 0.2) is 0 Å². The number of nitrogens with zero attached hydrogens (tertiary/aromatic N) is 1. The minimum absolute atomic E-state index is 0.0599. The second kappa shape index (κ2) is 7.04. The first-order valence-corrected chi connectivity index (χ1v) is 5.84. The summed E-state index contributed by atoms with van der Waals surface area (Å²) in [4.78, 5) is 10.2. The van der Waals surface area contributed by atoms with Gasteiger partial charge in [-0.25, -0.2) is 0 Å². The number of nitrogens with one attached hydrogen (secondary N) is 1. The molecule has 0 saturated carbocycles. The van der Waals surface area contributed by atoms with Crippen molar-refractivity contribution >= 4 is 23.4 Å². The number of rotatable bonds is 6. The van der Waals surface area contributed by atoms with Crippen LogP contribution in [0.5, 0.6) is 0 Å². The van der Waals surface area contributed by atoms with Crippen LogP contribution in [0.2, 0.25) is 5.02 Å². The van der Waals surface area contributed by atoms with Gasteiger partial charge < -0.3 is 5.32 Å². The van der Waals surface area contributed by atoms with Crippen molar-refractivity contribution in [2.75, 3.05) is 13.1 Å². The molecule has 0 radical (unpaired) electrons. The van der Waals surface area contributed by atoms with Crippen molar-refractivity contribution < 1.29 is 4.92 Å². The van der Waals surface area contributed by atoms with Crippen LogP contribution >= 0.6 is 11.6 Å². The molecule has 1 aromatic carbocycles. The Bertz CT molecular complexity index is 419. The lowest BCUT2D eigenvalue weighted by atomic mass is 10.2. The van der Waals surface area contributed by atoms with E-state index in [-0.39, 0.29) is 10.7 Å². The maximum absolute atomic E-state index is 10.7. The number of nitro groups is 1. The SMILES string of the molecule is CCCNCC=Cc1ccc(Cl)c([N+](=O)[O-])c1. The highest BCUT2D eigenvalue weighted by Gasteiger charge is 2.11. The standard InChI is InChI=1S/C12H15ClN2O2/c1-2-7-14-8-3-4-10-5-6-11(13)12(9-10)15(16)17/h3-6,9,14H,2,7-8H2,1H3. The van der Waals surface area contributed by atoms with Gasteiger partial charge in [-0.05, 0) is 24.6 Å². The summed E-state index contributed by atoms with van der Waals surface area (Å²) >= 11 is 5.72. The predicted octanol–water partition coefficient (Wildman–Crippen LogP) is 3.26. The lowest BCUT2D eigenvalue weighted by Crippen LogP contribution is -2.13. The van der Waals surface area contributed by atoms with Crippen LogP contribution in [0.4, 0.5) is 5.69 Å². The van der Waals surface area contributed by atoms with Gasteiger partial charge >= 0.3 is 0 Å². The molecule has 1 rings (SSSR count). The van der Waals surface area contributed by atoms with E-state index in [4.69, 9.17) is 11.6 Å². The molecule has 0 aliphatic rings. The van der Waals surface area contributed by atoms with E-state index in [0.717, 1.165) is 25.1 Å². The molecule has 0 amide bonds. The Hall–Kier alpha value is -1.39. The smallest absolute Gasteiger partial charge is 0.288 e. The van der Waals surface area contributed by atoms with E-state index in [1.165, 1.54) is 6.07 Å². The Morgan fingerprint density at radius 3 is 2.94 bits per heavy atom. The molecule has 92 valence electrons. The van der Waals surface area contributed by atoms with Crippen molar-refractivity contribution in [3.05, 3.63) is 45.0 Å². The van der Waals surface area contributed by atoms with Crippen LogP contribution in [0.25, 0.3) is 6.08 Å².